The Kier molecular flexibility index (Phi) is 6.68. The Hall–Kier alpha value is -3.64. The molecule has 0 aliphatic rings. The lowest BCUT2D eigenvalue weighted by molar-refractivity contribution is -0.128. The van der Waals surface area contributed by atoms with Gasteiger partial charge in [-0.2, -0.15) is 0 Å². The van der Waals surface area contributed by atoms with Crippen LogP contribution < -0.4 is 10.6 Å². The van der Waals surface area contributed by atoms with Crippen molar-refractivity contribution in [1.82, 2.24) is 9.88 Å². The lowest BCUT2D eigenvalue weighted by atomic mass is 9.95. The molecule has 4 aromatic rings. The van der Waals surface area contributed by atoms with Gasteiger partial charge < -0.3 is 15.2 Å². The average Bonchev–Trinajstić information content (AvgIpc) is 3.07. The average molecular weight is 492 g/mol. The molecular weight excluding hydrogens is 465 g/mol. The number of nitrogens with zero attached hydrogens (tertiary/aromatic N) is 1. The third-order valence-electron chi connectivity index (χ3n) is 5.84. The fourth-order valence-electron chi connectivity index (χ4n) is 3.88. The smallest absolute Gasteiger partial charge is 0.255 e. The molecule has 4 rings (SSSR count). The topological polar surface area (TPSA) is 63.1 Å². The number of aromatic nitrogens is 1. The van der Waals surface area contributed by atoms with Crippen LogP contribution >= 0.6 is 11.6 Å². The monoisotopic (exact) mass is 491 g/mol. The van der Waals surface area contributed by atoms with E-state index < -0.39 is 5.41 Å². The SMILES string of the molecule is Cn1c(-c2ccc(F)cc2)c(Cl)c2cc(NC(=O)c3cccc(CNC(=O)C(C)(C)C)c3)ccc21. The summed E-state index contributed by atoms with van der Waals surface area (Å²) < 4.78 is 15.3. The number of hydrogen-bond donors (Lipinski definition) is 2. The van der Waals surface area contributed by atoms with E-state index in [0.29, 0.717) is 22.8 Å². The Balaban J connectivity index is 1.55. The van der Waals surface area contributed by atoms with Crippen LogP contribution in [0, 0.1) is 11.2 Å². The number of rotatable bonds is 5. The standard InChI is InChI=1S/C28H27ClFN3O2/c1-28(2,3)27(35)31-16-17-6-5-7-19(14-17)26(34)32-21-12-13-23-22(15-21)24(29)25(33(23)4)18-8-10-20(30)11-9-18/h5-15H,16H2,1-4H3,(H,31,35)(H,32,34). The second kappa shape index (κ2) is 9.55. The molecule has 0 saturated heterocycles. The maximum Gasteiger partial charge on any atom is 0.255 e. The van der Waals surface area contributed by atoms with E-state index in [9.17, 15) is 14.0 Å². The van der Waals surface area contributed by atoms with Crippen LogP contribution in [0.5, 0.6) is 0 Å². The van der Waals surface area contributed by atoms with Gasteiger partial charge in [-0.1, -0.05) is 44.5 Å². The first-order valence-corrected chi connectivity index (χ1v) is 11.6. The third kappa shape index (κ3) is 5.23. The number of aryl methyl sites for hydroxylation is 1. The molecular formula is C28H27ClFN3O2. The molecule has 0 unspecified atom stereocenters. The first-order chi connectivity index (χ1) is 16.5. The molecule has 0 aliphatic heterocycles. The van der Waals surface area contributed by atoms with E-state index in [0.717, 1.165) is 27.7 Å². The molecule has 0 fully saturated rings. The molecule has 35 heavy (non-hydrogen) atoms. The lowest BCUT2D eigenvalue weighted by Gasteiger charge is -2.17. The molecule has 180 valence electrons. The van der Waals surface area contributed by atoms with Gasteiger partial charge in [-0.05, 0) is 65.7 Å². The molecule has 0 aliphatic carbocycles. The van der Waals surface area contributed by atoms with Gasteiger partial charge in [0.05, 0.1) is 10.7 Å². The number of amides is 2. The van der Waals surface area contributed by atoms with Crippen LogP contribution in [0.4, 0.5) is 10.1 Å². The zero-order chi connectivity index (χ0) is 25.3. The predicted molar refractivity (Wildman–Crippen MR) is 139 cm³/mol. The minimum atomic E-state index is -0.483. The van der Waals surface area contributed by atoms with Crippen LogP contribution in [-0.2, 0) is 18.4 Å². The van der Waals surface area contributed by atoms with Crippen molar-refractivity contribution in [3.05, 3.63) is 88.7 Å². The van der Waals surface area contributed by atoms with Gasteiger partial charge in [0, 0.05) is 41.2 Å². The van der Waals surface area contributed by atoms with Crippen LogP contribution in [0.3, 0.4) is 0 Å². The van der Waals surface area contributed by atoms with Gasteiger partial charge >= 0.3 is 0 Å². The Bertz CT molecular complexity index is 1420. The molecule has 7 heteroatoms. The van der Waals surface area contributed by atoms with Gasteiger partial charge in [-0.15, -0.1) is 0 Å². The minimum absolute atomic E-state index is 0.0552. The van der Waals surface area contributed by atoms with Crippen molar-refractivity contribution >= 4 is 40.0 Å². The van der Waals surface area contributed by atoms with Crippen molar-refractivity contribution in [2.24, 2.45) is 12.5 Å². The fraction of sp³-hybridized carbons (Fsp3) is 0.214. The molecule has 2 N–H and O–H groups in total. The lowest BCUT2D eigenvalue weighted by Crippen LogP contribution is -2.34. The van der Waals surface area contributed by atoms with Crippen LogP contribution in [0.2, 0.25) is 5.02 Å². The highest BCUT2D eigenvalue weighted by Crippen LogP contribution is 2.38. The molecule has 2 amide bonds. The molecule has 5 nitrogen and oxygen atoms in total. The van der Waals surface area contributed by atoms with Gasteiger partial charge in [0.25, 0.3) is 5.91 Å². The summed E-state index contributed by atoms with van der Waals surface area (Å²) in [6.45, 7) is 5.90. The van der Waals surface area contributed by atoms with E-state index in [1.54, 1.807) is 30.3 Å². The van der Waals surface area contributed by atoms with Gasteiger partial charge in [0.2, 0.25) is 5.91 Å². The summed E-state index contributed by atoms with van der Waals surface area (Å²) in [4.78, 5) is 25.1. The zero-order valence-electron chi connectivity index (χ0n) is 20.1. The van der Waals surface area contributed by atoms with E-state index in [1.165, 1.54) is 12.1 Å². The fourth-order valence-corrected chi connectivity index (χ4v) is 4.27. The highest BCUT2D eigenvalue weighted by Gasteiger charge is 2.21. The molecule has 1 aromatic heterocycles. The number of carbonyl (C=O) groups is 2. The van der Waals surface area contributed by atoms with E-state index in [-0.39, 0.29) is 17.6 Å². The van der Waals surface area contributed by atoms with Crippen molar-refractivity contribution in [2.45, 2.75) is 27.3 Å². The number of nitrogens with one attached hydrogen (secondary N) is 2. The Morgan fingerprint density at radius 3 is 2.40 bits per heavy atom. The minimum Gasteiger partial charge on any atom is -0.352 e. The maximum atomic E-state index is 13.4. The second-order valence-corrected chi connectivity index (χ2v) is 9.93. The summed E-state index contributed by atoms with van der Waals surface area (Å²) in [6.07, 6.45) is 0. The van der Waals surface area contributed by atoms with Gasteiger partial charge in [0.15, 0.2) is 0 Å². The van der Waals surface area contributed by atoms with E-state index >= 15 is 0 Å². The molecule has 0 spiro atoms. The number of halogens is 2. The Morgan fingerprint density at radius 1 is 1.00 bits per heavy atom. The first-order valence-electron chi connectivity index (χ1n) is 11.3. The van der Waals surface area contributed by atoms with Crippen molar-refractivity contribution in [3.63, 3.8) is 0 Å². The van der Waals surface area contributed by atoms with Crippen LogP contribution in [0.25, 0.3) is 22.2 Å². The Morgan fingerprint density at radius 2 is 1.71 bits per heavy atom. The number of benzene rings is 3. The van der Waals surface area contributed by atoms with E-state index in [2.05, 4.69) is 10.6 Å². The molecule has 0 saturated carbocycles. The van der Waals surface area contributed by atoms with Gasteiger partial charge in [0.1, 0.15) is 5.82 Å². The predicted octanol–water partition coefficient (Wildman–Crippen LogP) is 6.55. The third-order valence-corrected chi connectivity index (χ3v) is 6.22. The number of carbonyl (C=O) groups excluding carboxylic acids is 2. The molecule has 0 radical (unpaired) electrons. The van der Waals surface area contributed by atoms with E-state index in [1.807, 2.05) is 56.7 Å². The quantitative estimate of drug-likeness (QED) is 0.332. The molecule has 0 bridgehead atoms. The van der Waals surface area contributed by atoms with Crippen LogP contribution in [0.1, 0.15) is 36.7 Å². The summed E-state index contributed by atoms with van der Waals surface area (Å²) in [7, 11) is 1.90. The number of fused-ring (bicyclic) bond motifs is 1. The maximum absolute atomic E-state index is 13.4. The van der Waals surface area contributed by atoms with Crippen molar-refractivity contribution in [1.29, 1.82) is 0 Å². The summed E-state index contributed by atoms with van der Waals surface area (Å²) >= 11 is 6.71. The Labute approximate surface area is 208 Å². The summed E-state index contributed by atoms with van der Waals surface area (Å²) in [5.41, 5.74) is 3.91. The normalized spacial score (nSPS) is 11.5. The first kappa shape index (κ1) is 24.5. The van der Waals surface area contributed by atoms with Crippen LogP contribution in [0.15, 0.2) is 66.7 Å². The summed E-state index contributed by atoms with van der Waals surface area (Å²) in [5.74, 6) is -0.631. The van der Waals surface area contributed by atoms with Gasteiger partial charge in [-0.25, -0.2) is 4.39 Å². The highest BCUT2D eigenvalue weighted by atomic mass is 35.5. The van der Waals surface area contributed by atoms with E-state index in [4.69, 9.17) is 11.6 Å². The second-order valence-electron chi connectivity index (χ2n) is 9.55. The summed E-state index contributed by atoms with van der Waals surface area (Å²) in [5, 5.41) is 7.13. The van der Waals surface area contributed by atoms with Crippen molar-refractivity contribution in [2.75, 3.05) is 5.32 Å². The van der Waals surface area contributed by atoms with Crippen molar-refractivity contribution < 1.29 is 14.0 Å². The zero-order valence-corrected chi connectivity index (χ0v) is 20.8. The number of anilines is 1. The van der Waals surface area contributed by atoms with Crippen molar-refractivity contribution in [3.8, 4) is 11.3 Å². The van der Waals surface area contributed by atoms with Gasteiger partial charge in [-0.3, -0.25) is 9.59 Å². The van der Waals surface area contributed by atoms with Crippen LogP contribution in [-0.4, -0.2) is 16.4 Å². The molecule has 3 aromatic carbocycles. The molecule has 1 heterocycles. The molecule has 0 atom stereocenters. The largest absolute Gasteiger partial charge is 0.352 e. The number of hydrogen-bond acceptors (Lipinski definition) is 2. The highest BCUT2D eigenvalue weighted by molar-refractivity contribution is 6.38. The summed E-state index contributed by atoms with van der Waals surface area (Å²) in [6, 6.07) is 18.9.